The number of rotatable bonds is 5. The highest BCUT2D eigenvalue weighted by Gasteiger charge is 2.61. The molecule has 3 aliphatic rings. The first kappa shape index (κ1) is 25.8. The van der Waals surface area contributed by atoms with E-state index in [2.05, 4.69) is 4.98 Å². The van der Waals surface area contributed by atoms with Gasteiger partial charge in [-0.2, -0.15) is 0 Å². The number of aliphatic hydroxyl groups excluding tert-OH is 2. The summed E-state index contributed by atoms with van der Waals surface area (Å²) in [6.07, 6.45) is 3.22. The third-order valence-electron chi connectivity index (χ3n) is 7.73. The molecule has 1 saturated carbocycles. The van der Waals surface area contributed by atoms with Gasteiger partial charge in [0.15, 0.2) is 11.4 Å². The lowest BCUT2D eigenvalue weighted by atomic mass is 9.59. The number of aromatic nitrogens is 1. The highest BCUT2D eigenvalue weighted by Crippen LogP contribution is 2.54. The fourth-order valence-corrected chi connectivity index (χ4v) is 6.82. The summed E-state index contributed by atoms with van der Waals surface area (Å²) < 4.78 is 17.6. The van der Waals surface area contributed by atoms with Crippen molar-refractivity contribution in [1.82, 2.24) is 4.98 Å². The molecular formula is C27H26N2O8S. The van der Waals surface area contributed by atoms with E-state index >= 15 is 0 Å². The number of fused-ring (bicyclic) bond motifs is 3. The van der Waals surface area contributed by atoms with Crippen molar-refractivity contribution in [3.8, 4) is 17.0 Å². The fourth-order valence-electron chi connectivity index (χ4n) is 6.16. The molecule has 0 bridgehead atoms. The van der Waals surface area contributed by atoms with Crippen molar-refractivity contribution >= 4 is 34.0 Å². The van der Waals surface area contributed by atoms with Gasteiger partial charge in [0.05, 0.1) is 17.0 Å². The Hall–Kier alpha value is -3.83. The summed E-state index contributed by atoms with van der Waals surface area (Å²) in [5.41, 5.74) is 4.51. The van der Waals surface area contributed by atoms with Crippen molar-refractivity contribution < 1.29 is 38.6 Å². The smallest absolute Gasteiger partial charge is 0.255 e. The first-order chi connectivity index (χ1) is 18.0. The zero-order chi connectivity index (χ0) is 27.5. The minimum atomic E-state index is -2.09. The molecule has 0 saturated heterocycles. The molecule has 0 radical (unpaired) electrons. The highest BCUT2D eigenvalue weighted by atomic mass is 32.2. The third-order valence-corrected chi connectivity index (χ3v) is 8.45. The summed E-state index contributed by atoms with van der Waals surface area (Å²) >= 11 is 0. The van der Waals surface area contributed by atoms with Crippen molar-refractivity contribution in [3.05, 3.63) is 64.1 Å². The van der Waals surface area contributed by atoms with Crippen LogP contribution >= 0.6 is 0 Å². The van der Waals surface area contributed by atoms with Crippen molar-refractivity contribution in [1.29, 1.82) is 0 Å². The number of amides is 1. The number of pyridine rings is 1. The maximum atomic E-state index is 14.0. The van der Waals surface area contributed by atoms with E-state index in [0.29, 0.717) is 22.4 Å². The second kappa shape index (κ2) is 9.17. The quantitative estimate of drug-likeness (QED) is 0.415. The zero-order valence-electron chi connectivity index (χ0n) is 20.7. The molecule has 0 aliphatic heterocycles. The average molecular weight is 539 g/mol. The summed E-state index contributed by atoms with van der Waals surface area (Å²) in [5.74, 6) is -5.74. The van der Waals surface area contributed by atoms with Crippen molar-refractivity contribution in [2.24, 2.45) is 17.6 Å². The van der Waals surface area contributed by atoms with Crippen LogP contribution in [0.4, 0.5) is 0 Å². The van der Waals surface area contributed by atoms with Gasteiger partial charge in [-0.15, -0.1) is 0 Å². The summed E-state index contributed by atoms with van der Waals surface area (Å²) in [6, 6.07) is 7.00. The van der Waals surface area contributed by atoms with Crippen molar-refractivity contribution in [2.75, 3.05) is 13.4 Å². The number of aromatic hydroxyl groups is 1. The minimum Gasteiger partial charge on any atom is -0.508 e. The van der Waals surface area contributed by atoms with Crippen LogP contribution in [0.1, 0.15) is 29.5 Å². The number of methoxy groups -OCH3 is 1. The van der Waals surface area contributed by atoms with Gasteiger partial charge in [0.1, 0.15) is 22.8 Å². The van der Waals surface area contributed by atoms with Gasteiger partial charge in [0.25, 0.3) is 5.91 Å². The molecule has 2 aromatic rings. The Morgan fingerprint density at radius 1 is 1.24 bits per heavy atom. The van der Waals surface area contributed by atoms with Gasteiger partial charge < -0.3 is 25.8 Å². The number of nitrogens with zero attached hydrogens (tertiary/aromatic N) is 1. The Labute approximate surface area is 220 Å². The minimum absolute atomic E-state index is 0.00335. The molecule has 10 nitrogen and oxygen atoms in total. The summed E-state index contributed by atoms with van der Waals surface area (Å²) in [5, 5.41) is 33.7. The number of primary amides is 1. The molecule has 1 aromatic carbocycles. The molecule has 11 heteroatoms. The average Bonchev–Trinajstić information content (AvgIpc) is 2.85. The molecule has 1 amide bonds. The summed E-state index contributed by atoms with van der Waals surface area (Å²) in [7, 11) is -0.153. The number of hydrogen-bond donors (Lipinski definition) is 4. The number of Topliss-reactive ketones (excluding diaryl/α,β-unsaturated/α-hetero) is 2. The van der Waals surface area contributed by atoms with Crippen LogP contribution in [0.15, 0.2) is 47.4 Å². The monoisotopic (exact) mass is 538 g/mol. The van der Waals surface area contributed by atoms with Crippen molar-refractivity contribution in [2.45, 2.75) is 30.6 Å². The predicted octanol–water partition coefficient (Wildman–Crippen LogP) is 2.02. The number of phenols is 1. The zero-order valence-corrected chi connectivity index (χ0v) is 21.5. The maximum absolute atomic E-state index is 14.0. The number of phenolic OH excluding ortho intramolecular Hbond substituents is 1. The molecule has 5 rings (SSSR count). The van der Waals surface area contributed by atoms with Crippen LogP contribution in [-0.4, -0.2) is 61.0 Å². The van der Waals surface area contributed by atoms with E-state index in [0.717, 1.165) is 0 Å². The van der Waals surface area contributed by atoms with Gasteiger partial charge in [-0.3, -0.25) is 23.6 Å². The van der Waals surface area contributed by atoms with E-state index in [-0.39, 0.29) is 41.9 Å². The standard InChI is InChI=1S/C27H26N2O8S/c1-37-27-14(10-18(30)21(25(27)34)26(28)35)7-12-8-16-15(17-5-3-4-6-29-17)9-13(11-38(2)36)22(31)20(16)23(32)19(12)24(27)33/h3-6,9,12,14,31-32,34H,7-8,10-11H2,1-2H3,(H2,28,35)/t12-,14+,27+,38?/m1/s1. The third kappa shape index (κ3) is 3.60. The summed E-state index contributed by atoms with van der Waals surface area (Å²) in [6.45, 7) is 0. The number of ketones is 2. The SMILES string of the molecule is CO[C@]12C(=O)C3=C(O)c4c(O)c(CS(C)=O)cc(-c5ccccn5)c4C[C@H]3C[C@H]1CC(=O)C(C(N)=O)=C2O. The molecule has 198 valence electrons. The molecule has 4 atom stereocenters. The first-order valence-corrected chi connectivity index (χ1v) is 13.6. The topological polar surface area (TPSA) is 177 Å². The lowest BCUT2D eigenvalue weighted by Gasteiger charge is -2.48. The molecule has 1 aromatic heterocycles. The number of hydrogen-bond acceptors (Lipinski definition) is 9. The van der Waals surface area contributed by atoms with Crippen LogP contribution in [0, 0.1) is 11.8 Å². The van der Waals surface area contributed by atoms with E-state index in [1.165, 1.54) is 13.4 Å². The van der Waals surface area contributed by atoms with E-state index in [9.17, 15) is 33.9 Å². The van der Waals surface area contributed by atoms with Crippen LogP contribution in [0.5, 0.6) is 5.75 Å². The maximum Gasteiger partial charge on any atom is 0.255 e. The lowest BCUT2D eigenvalue weighted by Crippen LogP contribution is -2.59. The number of ether oxygens (including phenoxy) is 1. The fraction of sp³-hybridized carbons (Fsp3) is 0.333. The van der Waals surface area contributed by atoms with Gasteiger partial charge in [-0.1, -0.05) is 6.07 Å². The number of carbonyl (C=O) groups excluding carboxylic acids is 3. The molecule has 0 spiro atoms. The molecule has 1 heterocycles. The van der Waals surface area contributed by atoms with Crippen molar-refractivity contribution in [3.63, 3.8) is 0 Å². The molecule has 5 N–H and O–H groups in total. The van der Waals surface area contributed by atoms with Crippen LogP contribution in [0.2, 0.25) is 0 Å². The number of aliphatic hydroxyl groups is 2. The second-order valence-corrected chi connectivity index (χ2v) is 11.2. The molecule has 1 fully saturated rings. The number of benzene rings is 1. The Bertz CT molecular complexity index is 1500. The van der Waals surface area contributed by atoms with Gasteiger partial charge in [-0.05, 0) is 42.5 Å². The summed E-state index contributed by atoms with van der Waals surface area (Å²) in [4.78, 5) is 43.1. The Morgan fingerprint density at radius 3 is 2.58 bits per heavy atom. The largest absolute Gasteiger partial charge is 0.508 e. The normalized spacial score (nSPS) is 25.5. The molecule has 38 heavy (non-hydrogen) atoms. The van der Waals surface area contributed by atoms with Crippen LogP contribution in [-0.2, 0) is 42.1 Å². The molecule has 3 aliphatic carbocycles. The van der Waals surface area contributed by atoms with E-state index in [1.54, 1.807) is 30.5 Å². The van der Waals surface area contributed by atoms with E-state index in [4.69, 9.17) is 10.5 Å². The Kier molecular flexibility index (Phi) is 6.23. The second-order valence-electron chi connectivity index (χ2n) is 9.80. The Balaban J connectivity index is 1.78. The van der Waals surface area contributed by atoms with Gasteiger partial charge in [0, 0.05) is 59.4 Å². The lowest BCUT2D eigenvalue weighted by molar-refractivity contribution is -0.153. The molecule has 1 unspecified atom stereocenters. The van der Waals surface area contributed by atoms with Crippen LogP contribution in [0.3, 0.4) is 0 Å². The van der Waals surface area contributed by atoms with Crippen LogP contribution in [0.25, 0.3) is 17.0 Å². The van der Waals surface area contributed by atoms with E-state index < -0.39 is 62.8 Å². The van der Waals surface area contributed by atoms with E-state index in [1.807, 2.05) is 0 Å². The van der Waals surface area contributed by atoms with Gasteiger partial charge >= 0.3 is 0 Å². The number of nitrogens with two attached hydrogens (primary N) is 1. The van der Waals surface area contributed by atoms with Crippen LogP contribution < -0.4 is 5.73 Å². The molecular weight excluding hydrogens is 512 g/mol. The highest BCUT2D eigenvalue weighted by molar-refractivity contribution is 7.83. The first-order valence-electron chi connectivity index (χ1n) is 11.9. The van der Waals surface area contributed by atoms with Gasteiger partial charge in [0.2, 0.25) is 5.78 Å². The number of carbonyl (C=O) groups is 3. The van der Waals surface area contributed by atoms with Gasteiger partial charge in [-0.25, -0.2) is 0 Å². The predicted molar refractivity (Wildman–Crippen MR) is 137 cm³/mol. The Morgan fingerprint density at radius 2 is 1.97 bits per heavy atom.